The van der Waals surface area contributed by atoms with E-state index in [-0.39, 0.29) is 195 Å². The van der Waals surface area contributed by atoms with Gasteiger partial charge in [-0.05, 0) is 253 Å². The van der Waals surface area contributed by atoms with Crippen LogP contribution < -0.4 is 17.2 Å². The third-order valence-corrected chi connectivity index (χ3v) is 39.1. The maximum Gasteiger partial charge on any atom is 0.331 e. The molecule has 8 aromatic heterocycles. The number of halogens is 4. The molecular weight excluding hydrogens is 2020 g/mol. The lowest BCUT2D eigenvalue weighted by Gasteiger charge is -2.27. The summed E-state index contributed by atoms with van der Waals surface area (Å²) in [5.41, 5.74) is 19.4. The maximum absolute atomic E-state index is 13.6. The average molecular weight is 2150 g/mol. The van der Waals surface area contributed by atoms with Crippen LogP contribution in [-0.4, -0.2) is 275 Å². The highest BCUT2D eigenvalue weighted by molar-refractivity contribution is 7.54. The Hall–Kier alpha value is -4.93. The highest BCUT2D eigenvalue weighted by Gasteiger charge is 2.80. The second-order valence-electron chi connectivity index (χ2n) is 43.2. The van der Waals surface area contributed by atoms with Crippen molar-refractivity contribution >= 4 is 146 Å². The van der Waals surface area contributed by atoms with Crippen LogP contribution >= 0.6 is 84.4 Å². The van der Waals surface area contributed by atoms with E-state index < -0.39 is 109 Å². The quantitative estimate of drug-likeness (QED) is 0.0109. The van der Waals surface area contributed by atoms with Crippen LogP contribution in [0.15, 0.2) is 31.6 Å². The molecule has 15 N–H and O–H groups in total. The Kier molecular flexibility index (Phi) is 29.1. The average Bonchev–Trinajstić information content (AvgIpc) is 1.51. The van der Waals surface area contributed by atoms with Gasteiger partial charge in [-0.3, -0.25) is 22.8 Å². The zero-order valence-electron chi connectivity index (χ0n) is 81.6. The van der Waals surface area contributed by atoms with E-state index in [1.165, 1.54) is 19.0 Å². The van der Waals surface area contributed by atoms with Gasteiger partial charge in [-0.1, -0.05) is 11.6 Å². The number of aliphatic hydroxyl groups is 5. The Balaban J connectivity index is 0.000000123. The lowest BCUT2D eigenvalue weighted by Crippen LogP contribution is -2.34. The number of nitrogens with two attached hydrogens (primary N) is 3. The summed E-state index contributed by atoms with van der Waals surface area (Å²) in [6.45, 7) is 33.8. The fourth-order valence-electron chi connectivity index (χ4n) is 24.4. The van der Waals surface area contributed by atoms with Crippen molar-refractivity contribution < 1.29 is 123 Å². The van der Waals surface area contributed by atoms with E-state index in [4.69, 9.17) is 139 Å². The highest BCUT2D eigenvalue weighted by atomic mass is 35.5. The minimum absolute atomic E-state index is 0.0525. The van der Waals surface area contributed by atoms with Crippen LogP contribution in [0.2, 0.25) is 21.0 Å². The molecule has 3 saturated heterocycles. The van der Waals surface area contributed by atoms with E-state index in [9.17, 15) is 48.4 Å². The van der Waals surface area contributed by atoms with Gasteiger partial charge in [-0.2, -0.15) is 24.9 Å². The molecule has 782 valence electrons. The van der Waals surface area contributed by atoms with Gasteiger partial charge in [-0.25, -0.2) is 34.9 Å². The van der Waals surface area contributed by atoms with Crippen LogP contribution in [0.5, 0.6) is 0 Å². The summed E-state index contributed by atoms with van der Waals surface area (Å²) < 4.78 is 142. The van der Waals surface area contributed by atoms with Gasteiger partial charge in [0.05, 0.1) is 154 Å². The molecule has 8 aromatic rings. The largest absolute Gasteiger partial charge is 0.390 e. The summed E-state index contributed by atoms with van der Waals surface area (Å²) in [4.78, 5) is 86.5. The monoisotopic (exact) mass is 2150 g/mol. The number of rotatable bonds is 31. The van der Waals surface area contributed by atoms with E-state index >= 15 is 0 Å². The number of aromatic nitrogens is 16. The Bertz CT molecular complexity index is 6080. The highest BCUT2D eigenvalue weighted by Crippen LogP contribution is 2.78. The first kappa shape index (κ1) is 107. The smallest absolute Gasteiger partial charge is 0.331 e. The molecule has 21 rings (SSSR count). The lowest BCUT2D eigenvalue weighted by molar-refractivity contribution is -0.167. The molecule has 0 spiro atoms. The van der Waals surface area contributed by atoms with E-state index in [0.29, 0.717) is 95.2 Å². The van der Waals surface area contributed by atoms with Crippen LogP contribution in [-0.2, 0) is 78.4 Å². The number of anilines is 3. The molecule has 11 heterocycles. The minimum Gasteiger partial charge on any atom is -0.390 e. The first-order valence-electron chi connectivity index (χ1n) is 47.8. The van der Waals surface area contributed by atoms with E-state index in [1.807, 2.05) is 134 Å². The Morgan fingerprint density at radius 1 is 0.355 bits per heavy atom. The summed E-state index contributed by atoms with van der Waals surface area (Å²) in [5.74, 6) is -1.16. The van der Waals surface area contributed by atoms with E-state index in [2.05, 4.69) is 59.8 Å². The van der Waals surface area contributed by atoms with Gasteiger partial charge in [0.15, 0.2) is 62.6 Å². The predicted molar refractivity (Wildman–Crippen MR) is 517 cm³/mol. The molecule has 13 aliphatic rings. The van der Waals surface area contributed by atoms with Gasteiger partial charge >= 0.3 is 38.0 Å². The summed E-state index contributed by atoms with van der Waals surface area (Å²) in [7, 11) is -18.0. The zero-order chi connectivity index (χ0) is 103. The Morgan fingerprint density at radius 2 is 0.638 bits per heavy atom. The van der Waals surface area contributed by atoms with Crippen molar-refractivity contribution in [2.45, 2.75) is 334 Å². The summed E-state index contributed by atoms with van der Waals surface area (Å²) in [6, 6.07) is -1.13. The SMILES string of the molecule is CC(C)OP(=O)(CC[C@@]12C[C@@H]1[C@@H](n1cnc3c(Cl)nc(Cl)nc31)[C@@H]1OC(C)(C)O[C@@H]12)OC(C)C.CC(C)OP(=O)(CC[C@@]12C[C@@H]1[C@@H](n1cnc3c(N)nc(Cl)nc31)[C@@H]1OC(C)(C)O[C@@H]12)OC(C)C.CC(C)OP(=O)(CC[C@@]12C[C@@H]1[C@H](O)[C@@H]1OC(C)(C)O[C@@H]12)OC(C)C.Nc1nc(Cl)nc2c1ncn2[C@H]1[C@H](O)[C@H](O)[C@]2(CCP(=O)(O)O)C[C@H]12.Nc1ncnc2c1ncn2[C@H]1[C@H](O)[C@H](O)[C@]2(CCP(=O)(O)O)C[C@H]12. The van der Waals surface area contributed by atoms with Gasteiger partial charge in [0, 0.05) is 27.1 Å². The molecule has 0 unspecified atom stereocenters. The normalized spacial score (nSPS) is 34.4. The molecule has 10 aliphatic carbocycles. The number of nitrogens with zero attached hydrogens (tertiary/aromatic N) is 16. The molecule has 54 heteroatoms. The van der Waals surface area contributed by atoms with Crippen molar-refractivity contribution in [1.82, 2.24) is 78.1 Å². The number of nitrogen functional groups attached to an aromatic ring is 3. The molecule has 0 aromatic carbocycles. The lowest BCUT2D eigenvalue weighted by atomic mass is 9.96. The third-order valence-electron chi connectivity index (χ3n) is 30.0. The number of hydrogen-bond donors (Lipinski definition) is 12. The fraction of sp³-hybridized carbons (Fsp3) is 0.770. The van der Waals surface area contributed by atoms with Gasteiger partial charge in [0.1, 0.15) is 58.9 Å². The Labute approximate surface area is 834 Å². The molecule has 3 aliphatic heterocycles. The van der Waals surface area contributed by atoms with E-state index in [0.717, 1.165) is 19.3 Å². The van der Waals surface area contributed by atoms with Crippen molar-refractivity contribution in [2.24, 2.45) is 56.7 Å². The minimum atomic E-state index is -4.18. The number of imidazole rings is 4. The first-order chi connectivity index (χ1) is 65.5. The standard InChI is InChI=1S/C22H31Cl2N4O5P.C22H33ClN5O5P.C17H31O6P.C13H17ClN5O5P.C13H18N5O5P/c1-11(2)32-34(29,33-12(3)4)8-7-22-9-13(22)15(16-17(22)31-21(5,6)30-16)28-10-25-14-18(23)26-20(24)27-19(14)28;1-11(2)32-34(29,33-12(3)4)8-7-22-9-13(22)15(16-17(22)31-21(5,6)30-16)28-10-25-14-18(24)26-20(23)27-19(14)28;1-10(2)22-24(19,23-11(3)4)8-7-17-9-12(17)13(18)14-15(17)21-16(5,6)20-14;14-12-17-10(15)6-11(18-12)19(4-16-6)7-5-3-13(5,9(21)8(7)20)1-2-25(22,23)24;14-11-7-12(16-4-15-11)18(5-17-7)8-6-3-13(6,10(20)9(8)19)1-2-24(21,22)23/h10-13,15-17H,7-9H2,1-6H3;10-13,15-17H,7-9H2,1-6H3,(H2,24,26,27);10-15,18H,7-9H2,1-6H3;4-5,7-9,20-21H,1-3H2,(H2,15,17,18)(H2,22,23,24);4-6,8-10,19-20H,1-3H2,(H2,14,15,16)(H2,21,22,23)/t2*13-,15-,16+,17+,22-;12-,13+,14+,15+,17-;5-,7-,8+,9+,13-;6-,8-,9+,10+,13-/m11111/s1. The number of fused-ring (bicyclic) bond motifs is 15. The van der Waals surface area contributed by atoms with Gasteiger partial charge < -0.3 is 136 Å². The number of ether oxygens (including phenoxy) is 6. The second-order valence-corrected chi connectivity index (χ2v) is 54.4. The third kappa shape index (κ3) is 20.8. The van der Waals surface area contributed by atoms with Gasteiger partial charge in [0.2, 0.25) is 15.9 Å². The molecular formula is C87H130Cl4N19O26P5. The van der Waals surface area contributed by atoms with Crippen molar-refractivity contribution in [2.75, 3.05) is 48.0 Å². The number of aliphatic hydroxyl groups excluding tert-OH is 5. The molecule has 0 bridgehead atoms. The van der Waals surface area contributed by atoms with Crippen LogP contribution in [0.1, 0.15) is 213 Å². The van der Waals surface area contributed by atoms with Crippen molar-refractivity contribution in [3.05, 3.63) is 52.6 Å². The first-order valence-corrected chi connectivity index (χ1v) is 58.1. The topological polar surface area (TPSA) is 631 Å². The van der Waals surface area contributed by atoms with Crippen molar-refractivity contribution in [3.8, 4) is 0 Å². The fourth-order valence-corrected chi connectivity index (χ4v) is 33.3. The van der Waals surface area contributed by atoms with Crippen LogP contribution in [0, 0.1) is 56.7 Å². The molecule has 0 amide bonds. The molecule has 0 radical (unpaired) electrons. The zero-order valence-corrected chi connectivity index (χ0v) is 89.1. The van der Waals surface area contributed by atoms with Crippen molar-refractivity contribution in [3.63, 3.8) is 0 Å². The maximum atomic E-state index is 13.6. The van der Waals surface area contributed by atoms with E-state index in [1.54, 1.807) is 21.8 Å². The molecule has 13 fully saturated rings. The molecule has 10 saturated carbocycles. The number of hydrogen-bond acceptors (Lipinski definition) is 37. The molecule has 25 atom stereocenters. The molecule has 141 heavy (non-hydrogen) atoms. The van der Waals surface area contributed by atoms with Crippen LogP contribution in [0.4, 0.5) is 17.5 Å². The van der Waals surface area contributed by atoms with Gasteiger partial charge in [0.25, 0.3) is 0 Å². The summed E-state index contributed by atoms with van der Waals surface area (Å²) in [5, 5.41) is 52.7. The summed E-state index contributed by atoms with van der Waals surface area (Å²) >= 11 is 24.4. The van der Waals surface area contributed by atoms with Gasteiger partial charge in [-0.15, -0.1) is 0 Å². The Morgan fingerprint density at radius 3 is 1.00 bits per heavy atom. The second kappa shape index (κ2) is 38.2. The predicted octanol–water partition coefficient (Wildman–Crippen LogP) is 12.7. The van der Waals surface area contributed by atoms with Crippen LogP contribution in [0.25, 0.3) is 44.7 Å². The van der Waals surface area contributed by atoms with Crippen molar-refractivity contribution in [1.29, 1.82) is 0 Å². The summed E-state index contributed by atoms with van der Waals surface area (Å²) in [6.07, 6.45) is 7.15. The van der Waals surface area contributed by atoms with Crippen LogP contribution in [0.3, 0.4) is 0 Å². The molecule has 45 nitrogen and oxygen atoms in total.